The van der Waals surface area contributed by atoms with Crippen LogP contribution >= 0.6 is 0 Å². The Morgan fingerprint density at radius 3 is 2.49 bits per heavy atom. The minimum atomic E-state index is -0.978. The van der Waals surface area contributed by atoms with E-state index in [0.29, 0.717) is 34.5 Å². The summed E-state index contributed by atoms with van der Waals surface area (Å²) < 4.78 is 33.7. The molecule has 0 bridgehead atoms. The number of nitrogens with two attached hydrogens (primary N) is 1. The van der Waals surface area contributed by atoms with Crippen molar-refractivity contribution in [1.29, 1.82) is 0 Å². The second-order valence-electron chi connectivity index (χ2n) is 10.2. The molecular formula is C28H32F2N4O3. The molecule has 0 amide bonds. The summed E-state index contributed by atoms with van der Waals surface area (Å²) in [6, 6.07) is 7.32. The predicted octanol–water partition coefficient (Wildman–Crippen LogP) is 5.19. The molecule has 9 heteroatoms. The highest BCUT2D eigenvalue weighted by Gasteiger charge is 2.30. The molecule has 1 fully saturated rings. The maximum atomic E-state index is 15.1. The van der Waals surface area contributed by atoms with Crippen molar-refractivity contribution in [2.75, 3.05) is 30.3 Å². The molecule has 7 nitrogen and oxygen atoms in total. The highest BCUT2D eigenvalue weighted by Crippen LogP contribution is 2.42. The lowest BCUT2D eigenvalue weighted by Crippen LogP contribution is -2.38. The molecule has 3 N–H and O–H groups in total. The van der Waals surface area contributed by atoms with Gasteiger partial charge in [-0.2, -0.15) is 0 Å². The molecule has 1 aromatic carbocycles. The van der Waals surface area contributed by atoms with Gasteiger partial charge >= 0.3 is 5.97 Å². The number of halogens is 2. The maximum absolute atomic E-state index is 15.1. The number of pyridine rings is 2. The highest BCUT2D eigenvalue weighted by atomic mass is 19.1. The summed E-state index contributed by atoms with van der Waals surface area (Å²) in [6.07, 6.45) is 3.57. The Balaban J connectivity index is 1.65. The second kappa shape index (κ2) is 10.7. The lowest BCUT2D eigenvalue weighted by molar-refractivity contribution is -0.136. The summed E-state index contributed by atoms with van der Waals surface area (Å²) >= 11 is 0. The van der Waals surface area contributed by atoms with E-state index in [1.54, 1.807) is 19.1 Å². The number of ether oxygens (including phenoxy) is 1. The van der Waals surface area contributed by atoms with E-state index >= 15 is 4.39 Å². The Morgan fingerprint density at radius 1 is 1.19 bits per heavy atom. The van der Waals surface area contributed by atoms with E-state index in [2.05, 4.69) is 28.7 Å². The van der Waals surface area contributed by atoms with Crippen LogP contribution < -0.4 is 15.4 Å². The van der Waals surface area contributed by atoms with E-state index in [4.69, 9.17) is 10.5 Å². The monoisotopic (exact) mass is 510 g/mol. The number of anilines is 2. The van der Waals surface area contributed by atoms with Gasteiger partial charge in [0.25, 0.3) is 0 Å². The molecule has 2 aromatic heterocycles. The quantitative estimate of drug-likeness (QED) is 0.430. The number of hydrogen-bond donors (Lipinski definition) is 2. The van der Waals surface area contributed by atoms with Gasteiger partial charge in [-0.25, -0.2) is 18.7 Å². The fourth-order valence-electron chi connectivity index (χ4n) is 4.66. The summed E-state index contributed by atoms with van der Waals surface area (Å²) in [5.41, 5.74) is 10.1. The van der Waals surface area contributed by atoms with Crippen LogP contribution in [0, 0.1) is 24.0 Å². The van der Waals surface area contributed by atoms with Crippen LogP contribution in [-0.4, -0.2) is 40.7 Å². The van der Waals surface area contributed by atoms with Crippen molar-refractivity contribution in [1.82, 2.24) is 9.97 Å². The van der Waals surface area contributed by atoms with Crippen molar-refractivity contribution in [2.24, 2.45) is 5.41 Å². The van der Waals surface area contributed by atoms with E-state index < -0.39 is 11.8 Å². The Labute approximate surface area is 215 Å². The second-order valence-corrected chi connectivity index (χ2v) is 10.2. The Kier molecular flexibility index (Phi) is 7.61. The first kappa shape index (κ1) is 26.3. The van der Waals surface area contributed by atoms with E-state index in [1.807, 2.05) is 0 Å². The van der Waals surface area contributed by atoms with Crippen molar-refractivity contribution in [2.45, 2.75) is 46.5 Å². The van der Waals surface area contributed by atoms with Crippen molar-refractivity contribution in [3.63, 3.8) is 0 Å². The van der Waals surface area contributed by atoms with Gasteiger partial charge < -0.3 is 20.5 Å². The van der Waals surface area contributed by atoms with Gasteiger partial charge in [-0.05, 0) is 48.9 Å². The summed E-state index contributed by atoms with van der Waals surface area (Å²) in [4.78, 5) is 22.5. The van der Waals surface area contributed by atoms with Gasteiger partial charge in [-0.1, -0.05) is 26.0 Å². The van der Waals surface area contributed by atoms with Crippen LogP contribution in [0.5, 0.6) is 5.88 Å². The third kappa shape index (κ3) is 6.15. The summed E-state index contributed by atoms with van der Waals surface area (Å²) in [5.74, 6) is -1.93. The number of benzene rings is 1. The molecular weight excluding hydrogens is 478 g/mol. The Morgan fingerprint density at radius 2 is 1.86 bits per heavy atom. The molecule has 0 saturated carbocycles. The molecule has 3 heterocycles. The fourth-order valence-corrected chi connectivity index (χ4v) is 4.66. The molecule has 0 aliphatic carbocycles. The largest absolute Gasteiger partial charge is 0.481 e. The molecule has 3 aromatic rings. The average molecular weight is 511 g/mol. The number of aryl methyl sites for hydroxylation is 1. The van der Waals surface area contributed by atoms with E-state index in [0.717, 1.165) is 31.5 Å². The normalized spacial score (nSPS) is 15.0. The van der Waals surface area contributed by atoms with Crippen LogP contribution in [0.3, 0.4) is 0 Å². The summed E-state index contributed by atoms with van der Waals surface area (Å²) in [7, 11) is 0. The molecule has 0 spiro atoms. The van der Waals surface area contributed by atoms with Crippen LogP contribution in [0.2, 0.25) is 0 Å². The fraction of sp³-hybridized carbons (Fsp3) is 0.393. The lowest BCUT2D eigenvalue weighted by atomic mass is 9.82. The molecule has 0 radical (unpaired) electrons. The van der Waals surface area contributed by atoms with Crippen LogP contribution in [0.1, 0.15) is 43.5 Å². The van der Waals surface area contributed by atoms with Gasteiger partial charge in [0, 0.05) is 48.1 Å². The number of carbonyl (C=O) groups is 1. The number of nitrogen functional groups attached to an aromatic ring is 1. The molecule has 1 saturated heterocycles. The van der Waals surface area contributed by atoms with Crippen LogP contribution in [0.25, 0.3) is 11.1 Å². The Bertz CT molecular complexity index is 1290. The smallest absolute Gasteiger partial charge is 0.307 e. The van der Waals surface area contributed by atoms with Gasteiger partial charge in [0.2, 0.25) is 5.88 Å². The molecule has 1 aliphatic rings. The minimum absolute atomic E-state index is 0.156. The first-order valence-corrected chi connectivity index (χ1v) is 12.3. The minimum Gasteiger partial charge on any atom is -0.481 e. The number of hydrogen-bond acceptors (Lipinski definition) is 6. The number of rotatable bonds is 8. The Hall–Kier alpha value is -3.75. The van der Waals surface area contributed by atoms with Crippen LogP contribution in [0.4, 0.5) is 20.3 Å². The first-order valence-electron chi connectivity index (χ1n) is 12.3. The zero-order valence-electron chi connectivity index (χ0n) is 21.4. The average Bonchev–Trinajstić information content (AvgIpc) is 2.83. The first-order chi connectivity index (χ1) is 17.5. The number of aliphatic carboxylic acids is 1. The zero-order chi connectivity index (χ0) is 26.7. The van der Waals surface area contributed by atoms with E-state index in [9.17, 15) is 14.3 Å². The molecule has 4 rings (SSSR count). The number of nitrogens with zero attached hydrogens (tertiary/aromatic N) is 3. The maximum Gasteiger partial charge on any atom is 0.307 e. The predicted molar refractivity (Wildman–Crippen MR) is 139 cm³/mol. The van der Waals surface area contributed by atoms with Crippen molar-refractivity contribution in [3.8, 4) is 17.0 Å². The molecule has 37 heavy (non-hydrogen) atoms. The van der Waals surface area contributed by atoms with Gasteiger partial charge in [0.05, 0.1) is 18.7 Å². The van der Waals surface area contributed by atoms with Crippen molar-refractivity contribution < 1.29 is 23.4 Å². The van der Waals surface area contributed by atoms with Gasteiger partial charge in [-0.3, -0.25) is 4.79 Å². The number of carboxylic acid groups (broad SMARTS) is 1. The van der Waals surface area contributed by atoms with Crippen LogP contribution in [-0.2, 0) is 17.6 Å². The van der Waals surface area contributed by atoms with Gasteiger partial charge in [-0.15, -0.1) is 0 Å². The summed E-state index contributed by atoms with van der Waals surface area (Å²) in [6.45, 7) is 7.77. The van der Waals surface area contributed by atoms with Crippen molar-refractivity contribution in [3.05, 3.63) is 65.0 Å². The molecule has 0 unspecified atom stereocenters. The number of carboxylic acids is 1. The number of piperidine rings is 1. The van der Waals surface area contributed by atoms with E-state index in [-0.39, 0.29) is 36.0 Å². The van der Waals surface area contributed by atoms with E-state index in [1.165, 1.54) is 24.4 Å². The summed E-state index contributed by atoms with van der Waals surface area (Å²) in [5, 5.41) is 9.60. The van der Waals surface area contributed by atoms with Crippen LogP contribution in [0.15, 0.2) is 36.5 Å². The van der Waals surface area contributed by atoms with Gasteiger partial charge in [0.15, 0.2) is 5.82 Å². The third-order valence-electron chi connectivity index (χ3n) is 6.90. The topological polar surface area (TPSA) is 102 Å². The molecule has 0 atom stereocenters. The van der Waals surface area contributed by atoms with Gasteiger partial charge in [0.1, 0.15) is 11.6 Å². The molecule has 196 valence electrons. The zero-order valence-corrected chi connectivity index (χ0v) is 21.4. The third-order valence-corrected chi connectivity index (χ3v) is 6.90. The SMILES string of the molecule is Cc1nc(N)c(-c2cnc(OCCc3ccc(F)cc3)c(F)c2)c(N2CCC(C)(C)CC2)c1CC(=O)O. The van der Waals surface area contributed by atoms with Crippen molar-refractivity contribution >= 4 is 17.5 Å². The highest BCUT2D eigenvalue weighted by molar-refractivity contribution is 5.90. The lowest BCUT2D eigenvalue weighted by Gasteiger charge is -2.40. The number of aromatic nitrogens is 2. The standard InChI is InChI=1S/C28H32F2N4O3/c1-17-21(15-23(35)36)25(34-11-9-28(2,3)10-12-34)24(26(31)33-17)19-14-22(30)27(32-16-19)37-13-8-18-4-6-20(29)7-5-18/h4-7,14,16H,8-13,15H2,1-3H3,(H2,31,33)(H,35,36). The molecule has 1 aliphatic heterocycles.